The molecule has 180 valence electrons. The Morgan fingerprint density at radius 1 is 0.944 bits per heavy atom. The Labute approximate surface area is 209 Å². The third-order valence-corrected chi connectivity index (χ3v) is 8.11. The smallest absolute Gasteiger partial charge is 0.346 e. The molecule has 2 heterocycles. The summed E-state index contributed by atoms with van der Waals surface area (Å²) in [6.07, 6.45) is 10.7. The molecule has 3 aliphatic carbocycles. The van der Waals surface area contributed by atoms with Gasteiger partial charge in [0, 0.05) is 47.0 Å². The molecule has 0 radical (unpaired) electrons. The number of esters is 2. The molecule has 5 aliphatic rings. The standard InChI is InChI=1S/C30H26N2O4/c1-29(2)20-8-6-7-9-21(20)32(5)23(29)15-31-26-18-11-10-16-14-19-25(28(35)36-27(19)34)30(3,4)24(16)17(18)12-13-22(26)33/h6-15,24H,1-5H3/b23-15-,31-26?. The molecule has 0 bridgehead atoms. The van der Waals surface area contributed by atoms with Crippen LogP contribution in [-0.4, -0.2) is 30.5 Å². The van der Waals surface area contributed by atoms with Crippen molar-refractivity contribution in [3.8, 4) is 0 Å². The molecule has 2 aliphatic heterocycles. The van der Waals surface area contributed by atoms with Gasteiger partial charge in [0.2, 0.25) is 5.78 Å². The summed E-state index contributed by atoms with van der Waals surface area (Å²) in [5, 5.41) is 0. The molecule has 1 aromatic rings. The van der Waals surface area contributed by atoms with Crippen molar-refractivity contribution in [2.24, 2.45) is 16.3 Å². The first kappa shape index (κ1) is 22.4. The van der Waals surface area contributed by atoms with Gasteiger partial charge < -0.3 is 9.64 Å². The minimum Gasteiger partial charge on any atom is -0.386 e. The number of nitrogens with zero attached hydrogens (tertiary/aromatic N) is 2. The van der Waals surface area contributed by atoms with Gasteiger partial charge in [-0.3, -0.25) is 9.79 Å². The Morgan fingerprint density at radius 3 is 2.44 bits per heavy atom. The number of allylic oxidation sites excluding steroid dienone is 8. The zero-order chi connectivity index (χ0) is 25.6. The monoisotopic (exact) mass is 478 g/mol. The van der Waals surface area contributed by atoms with Gasteiger partial charge in [-0.2, -0.15) is 0 Å². The quantitative estimate of drug-likeness (QED) is 0.333. The topological polar surface area (TPSA) is 76.0 Å². The van der Waals surface area contributed by atoms with Gasteiger partial charge in [0.25, 0.3) is 0 Å². The second-order valence-electron chi connectivity index (χ2n) is 10.9. The molecule has 0 fully saturated rings. The molecule has 0 saturated heterocycles. The number of rotatable bonds is 1. The summed E-state index contributed by atoms with van der Waals surface area (Å²) in [6.45, 7) is 8.20. The Hall–Kier alpha value is -4.06. The van der Waals surface area contributed by atoms with Crippen LogP contribution in [0, 0.1) is 11.3 Å². The second-order valence-corrected chi connectivity index (χ2v) is 10.9. The third kappa shape index (κ3) is 2.84. The number of fused-ring (bicyclic) bond motifs is 3. The van der Waals surface area contributed by atoms with Crippen LogP contribution in [0.2, 0.25) is 0 Å². The molecule has 0 aromatic heterocycles. The molecular formula is C30H26N2O4. The first-order valence-corrected chi connectivity index (χ1v) is 12.0. The predicted octanol–water partition coefficient (Wildman–Crippen LogP) is 4.66. The van der Waals surface area contributed by atoms with E-state index in [9.17, 15) is 14.4 Å². The molecule has 6 heteroatoms. The number of carbonyl (C=O) groups excluding carboxylic acids is 3. The Bertz CT molecular complexity index is 1520. The number of ether oxygens (including phenoxy) is 1. The van der Waals surface area contributed by atoms with Crippen LogP contribution in [0.1, 0.15) is 33.3 Å². The average Bonchev–Trinajstić information content (AvgIpc) is 3.22. The van der Waals surface area contributed by atoms with Crippen molar-refractivity contribution in [1.82, 2.24) is 0 Å². The number of hydrogen-bond acceptors (Lipinski definition) is 6. The number of para-hydroxylation sites is 1. The van der Waals surface area contributed by atoms with Crippen molar-refractivity contribution in [2.75, 3.05) is 11.9 Å². The number of ketones is 1. The summed E-state index contributed by atoms with van der Waals surface area (Å²) >= 11 is 0. The third-order valence-electron chi connectivity index (χ3n) is 8.11. The van der Waals surface area contributed by atoms with Crippen LogP contribution in [0.5, 0.6) is 0 Å². The lowest BCUT2D eigenvalue weighted by molar-refractivity contribution is -0.151. The molecule has 0 N–H and O–H groups in total. The van der Waals surface area contributed by atoms with Crippen LogP contribution in [-0.2, 0) is 24.5 Å². The van der Waals surface area contributed by atoms with Crippen molar-refractivity contribution >= 4 is 29.1 Å². The predicted molar refractivity (Wildman–Crippen MR) is 137 cm³/mol. The number of likely N-dealkylation sites (N-methyl/N-ethyl adjacent to an activating group) is 1. The lowest BCUT2D eigenvalue weighted by atomic mass is 9.60. The number of aliphatic imine (C=N–C) groups is 1. The molecule has 0 saturated carbocycles. The molecular weight excluding hydrogens is 452 g/mol. The highest BCUT2D eigenvalue weighted by molar-refractivity contribution is 6.51. The maximum absolute atomic E-state index is 13.0. The van der Waals surface area contributed by atoms with Crippen LogP contribution >= 0.6 is 0 Å². The molecule has 0 spiro atoms. The maximum atomic E-state index is 13.0. The maximum Gasteiger partial charge on any atom is 0.346 e. The van der Waals surface area contributed by atoms with Gasteiger partial charge in [-0.05, 0) is 34.9 Å². The fourth-order valence-corrected chi connectivity index (χ4v) is 6.37. The van der Waals surface area contributed by atoms with Crippen molar-refractivity contribution in [2.45, 2.75) is 33.1 Å². The molecule has 6 rings (SSSR count). The first-order valence-electron chi connectivity index (χ1n) is 12.0. The SMILES string of the molecule is CN1/C(=C\N=C2C(=O)C=CC3=C2C=CC2=CC4=C(C(=O)OC4=O)C(C)(C)C23)C(C)(C)c2ccccc21. The van der Waals surface area contributed by atoms with E-state index in [-0.39, 0.29) is 17.1 Å². The van der Waals surface area contributed by atoms with Gasteiger partial charge in [0.05, 0.1) is 11.1 Å². The van der Waals surface area contributed by atoms with Gasteiger partial charge in [0.1, 0.15) is 5.71 Å². The minimum absolute atomic E-state index is 0.164. The van der Waals surface area contributed by atoms with E-state index in [4.69, 9.17) is 9.73 Å². The molecule has 1 unspecified atom stereocenters. The van der Waals surface area contributed by atoms with Crippen LogP contribution in [0.15, 0.2) is 99.4 Å². The number of hydrogen-bond donors (Lipinski definition) is 0. The fourth-order valence-electron chi connectivity index (χ4n) is 6.37. The largest absolute Gasteiger partial charge is 0.386 e. The van der Waals surface area contributed by atoms with Crippen LogP contribution in [0.4, 0.5) is 5.69 Å². The normalized spacial score (nSPS) is 27.4. The van der Waals surface area contributed by atoms with E-state index in [0.29, 0.717) is 16.9 Å². The summed E-state index contributed by atoms with van der Waals surface area (Å²) in [4.78, 5) is 44.7. The van der Waals surface area contributed by atoms with Crippen LogP contribution in [0.3, 0.4) is 0 Å². The number of anilines is 1. The molecule has 36 heavy (non-hydrogen) atoms. The molecule has 6 nitrogen and oxygen atoms in total. The van der Waals surface area contributed by atoms with E-state index in [2.05, 4.69) is 30.9 Å². The Balaban J connectivity index is 1.45. The van der Waals surface area contributed by atoms with E-state index in [1.54, 1.807) is 18.4 Å². The minimum atomic E-state index is -0.697. The zero-order valence-corrected chi connectivity index (χ0v) is 20.9. The first-order chi connectivity index (χ1) is 17.0. The fraction of sp³-hybridized carbons (Fsp3) is 0.267. The summed E-state index contributed by atoms with van der Waals surface area (Å²) in [5.41, 5.74) is 6.03. The Morgan fingerprint density at radius 2 is 1.69 bits per heavy atom. The highest BCUT2D eigenvalue weighted by Crippen LogP contribution is 2.53. The van der Waals surface area contributed by atoms with Gasteiger partial charge in [-0.1, -0.05) is 64.1 Å². The van der Waals surface area contributed by atoms with Gasteiger partial charge in [-0.15, -0.1) is 0 Å². The molecule has 0 amide bonds. The van der Waals surface area contributed by atoms with Crippen molar-refractivity contribution in [3.63, 3.8) is 0 Å². The molecule has 1 atom stereocenters. The van der Waals surface area contributed by atoms with Crippen molar-refractivity contribution < 1.29 is 19.1 Å². The van der Waals surface area contributed by atoms with E-state index in [1.165, 1.54) is 5.56 Å². The highest BCUT2D eigenvalue weighted by Gasteiger charge is 2.51. The number of carbonyl (C=O) groups is 3. The summed E-state index contributed by atoms with van der Waals surface area (Å²) < 4.78 is 4.93. The van der Waals surface area contributed by atoms with Gasteiger partial charge in [0.15, 0.2) is 0 Å². The van der Waals surface area contributed by atoms with Gasteiger partial charge in [-0.25, -0.2) is 9.59 Å². The average molecular weight is 479 g/mol. The number of cyclic esters (lactones) is 2. The highest BCUT2D eigenvalue weighted by atomic mass is 16.6. The summed E-state index contributed by atoms with van der Waals surface area (Å²) in [7, 11) is 2.02. The van der Waals surface area contributed by atoms with E-state index in [1.807, 2.05) is 51.3 Å². The van der Waals surface area contributed by atoms with Gasteiger partial charge >= 0.3 is 11.9 Å². The van der Waals surface area contributed by atoms with E-state index < -0.39 is 17.4 Å². The zero-order valence-electron chi connectivity index (χ0n) is 20.9. The lowest BCUT2D eigenvalue weighted by Gasteiger charge is -2.41. The molecule has 1 aromatic carbocycles. The van der Waals surface area contributed by atoms with Crippen molar-refractivity contribution in [3.05, 3.63) is 100.0 Å². The second kappa shape index (κ2) is 7.23. The Kier molecular flexibility index (Phi) is 4.50. The van der Waals surface area contributed by atoms with Crippen molar-refractivity contribution in [1.29, 1.82) is 0 Å². The van der Waals surface area contributed by atoms with Crippen LogP contribution in [0.25, 0.3) is 0 Å². The summed E-state index contributed by atoms with van der Waals surface area (Å²) in [6, 6.07) is 8.27. The number of benzene rings is 1. The van der Waals surface area contributed by atoms with Crippen LogP contribution < -0.4 is 4.90 Å². The lowest BCUT2D eigenvalue weighted by Crippen LogP contribution is -2.37. The summed E-state index contributed by atoms with van der Waals surface area (Å²) in [5.74, 6) is -1.57. The van der Waals surface area contributed by atoms with E-state index >= 15 is 0 Å². The van der Waals surface area contributed by atoms with E-state index in [0.717, 1.165) is 28.1 Å².